The van der Waals surface area contributed by atoms with Gasteiger partial charge in [-0.2, -0.15) is 0 Å². The molecule has 5 heteroatoms. The molecule has 1 saturated heterocycles. The van der Waals surface area contributed by atoms with E-state index in [-0.39, 0.29) is 23.8 Å². The molecular formula is C16H22F2N2O. The summed E-state index contributed by atoms with van der Waals surface area (Å²) in [6, 6.07) is 3.43. The van der Waals surface area contributed by atoms with Crippen LogP contribution in [0.1, 0.15) is 25.7 Å². The molecule has 3 nitrogen and oxygen atoms in total. The molecule has 1 aliphatic heterocycles. The van der Waals surface area contributed by atoms with Crippen LogP contribution in [-0.4, -0.2) is 30.3 Å². The Bertz CT molecular complexity index is 507. The molecule has 116 valence electrons. The van der Waals surface area contributed by atoms with E-state index in [0.717, 1.165) is 31.4 Å². The fourth-order valence-corrected chi connectivity index (χ4v) is 3.36. The maximum absolute atomic E-state index is 13.9. The number of nitrogens with zero attached hydrogens (tertiary/aromatic N) is 1. The van der Waals surface area contributed by atoms with Crippen LogP contribution in [0.3, 0.4) is 0 Å². The van der Waals surface area contributed by atoms with Crippen molar-refractivity contribution in [2.75, 3.05) is 18.0 Å². The van der Waals surface area contributed by atoms with E-state index in [4.69, 9.17) is 5.73 Å². The Balaban J connectivity index is 1.71. The average molecular weight is 296 g/mol. The van der Waals surface area contributed by atoms with Gasteiger partial charge in [-0.25, -0.2) is 8.78 Å². The summed E-state index contributed by atoms with van der Waals surface area (Å²) < 4.78 is 27.3. The molecule has 1 aromatic rings. The SMILES string of the molecule is NC1CC(CC(O)C2CC2)CN(c2cc(F)ccc2F)C1. The summed E-state index contributed by atoms with van der Waals surface area (Å²) in [4.78, 5) is 1.82. The predicted octanol–water partition coefficient (Wildman–Crippen LogP) is 2.28. The van der Waals surface area contributed by atoms with Crippen LogP contribution in [0.25, 0.3) is 0 Å². The first-order valence-electron chi connectivity index (χ1n) is 7.66. The van der Waals surface area contributed by atoms with E-state index in [2.05, 4.69) is 0 Å². The lowest BCUT2D eigenvalue weighted by Crippen LogP contribution is -2.48. The molecule has 3 unspecified atom stereocenters. The number of aliphatic hydroxyl groups excluding tert-OH is 1. The Kier molecular flexibility index (Phi) is 4.13. The molecule has 0 bridgehead atoms. The van der Waals surface area contributed by atoms with Crippen LogP contribution in [0.15, 0.2) is 18.2 Å². The van der Waals surface area contributed by atoms with E-state index in [1.807, 2.05) is 4.90 Å². The number of piperidine rings is 1. The molecule has 3 atom stereocenters. The molecule has 3 N–H and O–H groups in total. The lowest BCUT2D eigenvalue weighted by atomic mass is 9.88. The van der Waals surface area contributed by atoms with Crippen molar-refractivity contribution in [3.8, 4) is 0 Å². The summed E-state index contributed by atoms with van der Waals surface area (Å²) in [5.74, 6) is -0.207. The molecule has 0 radical (unpaired) electrons. The van der Waals surface area contributed by atoms with Crippen molar-refractivity contribution in [3.63, 3.8) is 0 Å². The zero-order valence-corrected chi connectivity index (χ0v) is 12.0. The Morgan fingerprint density at radius 2 is 2.05 bits per heavy atom. The van der Waals surface area contributed by atoms with Crippen molar-refractivity contribution in [1.82, 2.24) is 0 Å². The van der Waals surface area contributed by atoms with E-state index in [0.29, 0.717) is 25.4 Å². The highest BCUT2D eigenvalue weighted by Crippen LogP contribution is 2.37. The molecular weight excluding hydrogens is 274 g/mol. The number of anilines is 1. The molecule has 1 saturated carbocycles. The topological polar surface area (TPSA) is 49.5 Å². The maximum atomic E-state index is 13.9. The largest absolute Gasteiger partial charge is 0.393 e. The highest BCUT2D eigenvalue weighted by molar-refractivity contribution is 5.48. The van der Waals surface area contributed by atoms with Gasteiger partial charge in [0.05, 0.1) is 11.8 Å². The van der Waals surface area contributed by atoms with Crippen LogP contribution < -0.4 is 10.6 Å². The Morgan fingerprint density at radius 1 is 1.29 bits per heavy atom. The van der Waals surface area contributed by atoms with Crippen molar-refractivity contribution in [2.45, 2.75) is 37.8 Å². The maximum Gasteiger partial charge on any atom is 0.146 e. The van der Waals surface area contributed by atoms with Gasteiger partial charge in [0.2, 0.25) is 0 Å². The zero-order valence-electron chi connectivity index (χ0n) is 12.0. The molecule has 0 amide bonds. The van der Waals surface area contributed by atoms with E-state index in [1.165, 1.54) is 6.07 Å². The van der Waals surface area contributed by atoms with Gasteiger partial charge in [-0.15, -0.1) is 0 Å². The van der Waals surface area contributed by atoms with Crippen molar-refractivity contribution < 1.29 is 13.9 Å². The second-order valence-electron chi connectivity index (χ2n) is 6.50. The van der Waals surface area contributed by atoms with Crippen LogP contribution in [0.2, 0.25) is 0 Å². The molecule has 3 rings (SSSR count). The van der Waals surface area contributed by atoms with Crippen LogP contribution in [-0.2, 0) is 0 Å². The number of nitrogens with two attached hydrogens (primary N) is 1. The molecule has 1 aromatic carbocycles. The fraction of sp³-hybridized carbons (Fsp3) is 0.625. The van der Waals surface area contributed by atoms with Crippen LogP contribution in [0.5, 0.6) is 0 Å². The highest BCUT2D eigenvalue weighted by Gasteiger charge is 2.34. The lowest BCUT2D eigenvalue weighted by Gasteiger charge is -2.38. The first kappa shape index (κ1) is 14.7. The van der Waals surface area contributed by atoms with Gasteiger partial charge in [-0.1, -0.05) is 0 Å². The standard InChI is InChI=1S/C16H22F2N2O/c17-12-3-4-14(18)15(7-12)20-8-10(5-13(19)9-20)6-16(21)11-1-2-11/h3-4,7,10-11,13,16,21H,1-2,5-6,8-9,19H2. The van der Waals surface area contributed by atoms with Gasteiger partial charge in [0.1, 0.15) is 11.6 Å². The fourth-order valence-electron chi connectivity index (χ4n) is 3.36. The van der Waals surface area contributed by atoms with Gasteiger partial charge in [-0.05, 0) is 49.7 Å². The van der Waals surface area contributed by atoms with Gasteiger partial charge in [-0.3, -0.25) is 0 Å². The minimum absolute atomic E-state index is 0.0715. The van der Waals surface area contributed by atoms with Crippen molar-refractivity contribution in [2.24, 2.45) is 17.6 Å². The molecule has 1 aliphatic carbocycles. The predicted molar refractivity (Wildman–Crippen MR) is 78.0 cm³/mol. The Labute approximate surface area is 123 Å². The zero-order chi connectivity index (χ0) is 15.0. The van der Waals surface area contributed by atoms with E-state index in [9.17, 15) is 13.9 Å². The van der Waals surface area contributed by atoms with Crippen LogP contribution >= 0.6 is 0 Å². The van der Waals surface area contributed by atoms with Gasteiger partial charge in [0, 0.05) is 25.2 Å². The minimum Gasteiger partial charge on any atom is -0.393 e. The first-order valence-corrected chi connectivity index (χ1v) is 7.66. The third-order valence-electron chi connectivity index (χ3n) is 4.56. The number of hydrogen-bond acceptors (Lipinski definition) is 3. The van der Waals surface area contributed by atoms with E-state index >= 15 is 0 Å². The third-order valence-corrected chi connectivity index (χ3v) is 4.56. The van der Waals surface area contributed by atoms with Crippen molar-refractivity contribution >= 4 is 5.69 Å². The van der Waals surface area contributed by atoms with E-state index < -0.39 is 11.6 Å². The second-order valence-corrected chi connectivity index (χ2v) is 6.50. The van der Waals surface area contributed by atoms with Gasteiger partial charge in [0.25, 0.3) is 0 Å². The summed E-state index contributed by atoms with van der Waals surface area (Å²) in [5.41, 5.74) is 6.34. The minimum atomic E-state index is -0.444. The molecule has 1 heterocycles. The normalized spacial score (nSPS) is 27.7. The van der Waals surface area contributed by atoms with Crippen molar-refractivity contribution in [1.29, 1.82) is 0 Å². The quantitative estimate of drug-likeness (QED) is 0.896. The van der Waals surface area contributed by atoms with Gasteiger partial charge in [0.15, 0.2) is 0 Å². The highest BCUT2D eigenvalue weighted by atomic mass is 19.1. The van der Waals surface area contributed by atoms with Crippen LogP contribution in [0, 0.1) is 23.5 Å². The first-order chi connectivity index (χ1) is 10.0. The van der Waals surface area contributed by atoms with Gasteiger partial charge < -0.3 is 15.7 Å². The van der Waals surface area contributed by atoms with Crippen LogP contribution in [0.4, 0.5) is 14.5 Å². The number of halogens is 2. The van der Waals surface area contributed by atoms with Crippen molar-refractivity contribution in [3.05, 3.63) is 29.8 Å². The number of aliphatic hydroxyl groups is 1. The molecule has 21 heavy (non-hydrogen) atoms. The number of benzene rings is 1. The van der Waals surface area contributed by atoms with E-state index in [1.54, 1.807) is 0 Å². The Morgan fingerprint density at radius 3 is 2.76 bits per heavy atom. The van der Waals surface area contributed by atoms with Gasteiger partial charge >= 0.3 is 0 Å². The molecule has 2 fully saturated rings. The molecule has 0 aromatic heterocycles. The summed E-state index contributed by atoms with van der Waals surface area (Å²) in [7, 11) is 0. The monoisotopic (exact) mass is 296 g/mol. The smallest absolute Gasteiger partial charge is 0.146 e. The summed E-state index contributed by atoms with van der Waals surface area (Å²) in [6.45, 7) is 1.15. The summed E-state index contributed by atoms with van der Waals surface area (Å²) >= 11 is 0. The number of rotatable bonds is 4. The summed E-state index contributed by atoms with van der Waals surface area (Å²) in [6.07, 6.45) is 3.45. The average Bonchev–Trinajstić information content (AvgIpc) is 3.25. The lowest BCUT2D eigenvalue weighted by molar-refractivity contribution is 0.114. The summed E-state index contributed by atoms with van der Waals surface area (Å²) in [5, 5.41) is 10.1. The second kappa shape index (κ2) is 5.89. The third kappa shape index (κ3) is 3.52. The number of hydrogen-bond donors (Lipinski definition) is 2. The molecule has 0 spiro atoms. The Hall–Kier alpha value is -1.20. The molecule has 2 aliphatic rings.